The number of benzene rings is 1. The second kappa shape index (κ2) is 5.23. The summed E-state index contributed by atoms with van der Waals surface area (Å²) in [6.45, 7) is 0. The molecule has 0 aliphatic carbocycles. The van der Waals surface area contributed by atoms with Gasteiger partial charge in [0, 0.05) is 6.20 Å². The molecule has 2 aromatic rings. The van der Waals surface area contributed by atoms with E-state index in [1.165, 1.54) is 49.7 Å². The number of methoxy groups -OCH3 is 1. The Bertz CT molecular complexity index is 689. The Hall–Kier alpha value is -2.15. The molecular formula is C12H11FN2O3S. The van der Waals surface area contributed by atoms with Gasteiger partial charge in [0.2, 0.25) is 5.88 Å². The van der Waals surface area contributed by atoms with E-state index in [9.17, 15) is 12.8 Å². The highest BCUT2D eigenvalue weighted by atomic mass is 32.2. The number of ether oxygens (including phenoxy) is 1. The van der Waals surface area contributed by atoms with E-state index in [2.05, 4.69) is 9.71 Å². The molecule has 7 heteroatoms. The molecule has 1 N–H and O–H groups in total. The summed E-state index contributed by atoms with van der Waals surface area (Å²) in [5.74, 6) is -0.708. The van der Waals surface area contributed by atoms with Gasteiger partial charge in [0.05, 0.1) is 12.8 Å². The maximum Gasteiger partial charge on any atom is 0.267 e. The summed E-state index contributed by atoms with van der Waals surface area (Å²) in [4.78, 5) is 3.64. The van der Waals surface area contributed by atoms with Crippen LogP contribution in [-0.4, -0.2) is 20.5 Å². The van der Waals surface area contributed by atoms with E-state index < -0.39 is 15.8 Å². The van der Waals surface area contributed by atoms with Crippen LogP contribution in [0.15, 0.2) is 47.5 Å². The molecule has 0 radical (unpaired) electrons. The molecule has 0 aliphatic heterocycles. The van der Waals surface area contributed by atoms with E-state index in [0.717, 1.165) is 0 Å². The van der Waals surface area contributed by atoms with Crippen molar-refractivity contribution < 1.29 is 17.5 Å². The van der Waals surface area contributed by atoms with Gasteiger partial charge in [-0.25, -0.2) is 17.8 Å². The van der Waals surface area contributed by atoms with Crippen LogP contribution in [0.2, 0.25) is 0 Å². The maximum absolute atomic E-state index is 13.4. The van der Waals surface area contributed by atoms with Gasteiger partial charge in [0.15, 0.2) is 0 Å². The SMILES string of the molecule is COc1ncccc1S(=O)(=O)Nc1ccccc1F. The lowest BCUT2D eigenvalue weighted by atomic mass is 10.3. The molecule has 0 atom stereocenters. The summed E-state index contributed by atoms with van der Waals surface area (Å²) in [5, 5.41) is 0. The summed E-state index contributed by atoms with van der Waals surface area (Å²) < 4.78 is 44.7. The number of aromatic nitrogens is 1. The second-order valence-corrected chi connectivity index (χ2v) is 5.25. The number of pyridine rings is 1. The zero-order valence-electron chi connectivity index (χ0n) is 10.00. The van der Waals surface area contributed by atoms with Crippen molar-refractivity contribution in [2.45, 2.75) is 4.90 Å². The Morgan fingerprint density at radius 2 is 1.95 bits per heavy atom. The number of hydrogen-bond donors (Lipinski definition) is 1. The molecule has 0 amide bonds. The van der Waals surface area contributed by atoms with Gasteiger partial charge in [0.1, 0.15) is 10.7 Å². The van der Waals surface area contributed by atoms with Crippen LogP contribution in [0.1, 0.15) is 0 Å². The average Bonchev–Trinajstić information content (AvgIpc) is 2.41. The summed E-state index contributed by atoms with van der Waals surface area (Å²) in [5.41, 5.74) is -0.131. The van der Waals surface area contributed by atoms with Crippen LogP contribution in [0, 0.1) is 5.82 Å². The number of rotatable bonds is 4. The van der Waals surface area contributed by atoms with Crippen LogP contribution >= 0.6 is 0 Å². The molecule has 0 unspecified atom stereocenters. The third kappa shape index (κ3) is 2.82. The molecule has 0 aliphatic rings. The van der Waals surface area contributed by atoms with Crippen LogP contribution in [0.5, 0.6) is 5.88 Å². The fraction of sp³-hybridized carbons (Fsp3) is 0.0833. The quantitative estimate of drug-likeness (QED) is 0.931. The first-order valence-corrected chi connectivity index (χ1v) is 6.79. The van der Waals surface area contributed by atoms with Crippen molar-refractivity contribution in [3.63, 3.8) is 0 Å². The van der Waals surface area contributed by atoms with E-state index in [1.807, 2.05) is 0 Å². The van der Waals surface area contributed by atoms with E-state index in [1.54, 1.807) is 0 Å². The van der Waals surface area contributed by atoms with E-state index >= 15 is 0 Å². The standard InChI is InChI=1S/C12H11FN2O3S/c1-18-12-11(7-4-8-14-12)19(16,17)15-10-6-3-2-5-9(10)13/h2-8,15H,1H3. The average molecular weight is 282 g/mol. The third-order valence-electron chi connectivity index (χ3n) is 2.34. The van der Waals surface area contributed by atoms with Crippen LogP contribution in [-0.2, 0) is 10.0 Å². The van der Waals surface area contributed by atoms with Gasteiger partial charge in [-0.1, -0.05) is 12.1 Å². The number of halogens is 1. The van der Waals surface area contributed by atoms with Crippen LogP contribution < -0.4 is 9.46 Å². The molecule has 1 heterocycles. The zero-order valence-corrected chi connectivity index (χ0v) is 10.8. The maximum atomic E-state index is 13.4. The van der Waals surface area contributed by atoms with Crippen LogP contribution in [0.25, 0.3) is 0 Å². The minimum Gasteiger partial charge on any atom is -0.480 e. The number of sulfonamides is 1. The molecular weight excluding hydrogens is 271 g/mol. The van der Waals surface area contributed by atoms with E-state index in [0.29, 0.717) is 0 Å². The van der Waals surface area contributed by atoms with Crippen molar-refractivity contribution in [3.05, 3.63) is 48.4 Å². The summed E-state index contributed by atoms with van der Waals surface area (Å²) >= 11 is 0. The van der Waals surface area contributed by atoms with E-state index in [4.69, 9.17) is 4.74 Å². The fourth-order valence-corrected chi connectivity index (χ4v) is 2.67. The third-order valence-corrected chi connectivity index (χ3v) is 3.72. The predicted octanol–water partition coefficient (Wildman–Crippen LogP) is 2.03. The van der Waals surface area contributed by atoms with Gasteiger partial charge in [-0.15, -0.1) is 0 Å². The molecule has 5 nitrogen and oxygen atoms in total. The second-order valence-electron chi connectivity index (χ2n) is 3.60. The highest BCUT2D eigenvalue weighted by Gasteiger charge is 2.21. The fourth-order valence-electron chi connectivity index (χ4n) is 1.48. The Labute approximate surface area is 110 Å². The molecule has 0 saturated carbocycles. The molecule has 0 spiro atoms. The lowest BCUT2D eigenvalue weighted by molar-refractivity contribution is 0.385. The molecule has 0 saturated heterocycles. The predicted molar refractivity (Wildman–Crippen MR) is 68.0 cm³/mol. The normalized spacial score (nSPS) is 11.1. The summed E-state index contributed by atoms with van der Waals surface area (Å²) in [7, 11) is -2.65. The van der Waals surface area contributed by atoms with E-state index in [-0.39, 0.29) is 16.5 Å². The van der Waals surface area contributed by atoms with Crippen LogP contribution in [0.3, 0.4) is 0 Å². The number of hydrogen-bond acceptors (Lipinski definition) is 4. The minimum absolute atomic E-state index is 0.0497. The van der Waals surface area contributed by atoms with Gasteiger partial charge < -0.3 is 4.74 Å². The largest absolute Gasteiger partial charge is 0.480 e. The van der Waals surface area contributed by atoms with Gasteiger partial charge >= 0.3 is 0 Å². The topological polar surface area (TPSA) is 68.3 Å². The smallest absolute Gasteiger partial charge is 0.267 e. The van der Waals surface area contributed by atoms with Crippen molar-refractivity contribution in [2.24, 2.45) is 0 Å². The Morgan fingerprint density at radius 3 is 2.63 bits per heavy atom. The van der Waals surface area contributed by atoms with Crippen molar-refractivity contribution in [3.8, 4) is 5.88 Å². The Morgan fingerprint density at radius 1 is 1.21 bits per heavy atom. The number of nitrogens with one attached hydrogen (secondary N) is 1. The molecule has 1 aromatic carbocycles. The zero-order chi connectivity index (χ0) is 13.9. The molecule has 100 valence electrons. The monoisotopic (exact) mass is 282 g/mol. The number of nitrogens with zero attached hydrogens (tertiary/aromatic N) is 1. The lowest BCUT2D eigenvalue weighted by Crippen LogP contribution is -2.15. The Kier molecular flexibility index (Phi) is 3.66. The first kappa shape index (κ1) is 13.3. The van der Waals surface area contributed by atoms with Crippen LogP contribution in [0.4, 0.5) is 10.1 Å². The van der Waals surface area contributed by atoms with Gasteiger partial charge in [-0.05, 0) is 24.3 Å². The lowest BCUT2D eigenvalue weighted by Gasteiger charge is -2.10. The summed E-state index contributed by atoms with van der Waals surface area (Å²) in [6.07, 6.45) is 1.40. The highest BCUT2D eigenvalue weighted by Crippen LogP contribution is 2.24. The molecule has 1 aromatic heterocycles. The van der Waals surface area contributed by atoms with Crippen molar-refractivity contribution in [1.82, 2.24) is 4.98 Å². The Balaban J connectivity index is 2.41. The molecule has 0 fully saturated rings. The molecule has 19 heavy (non-hydrogen) atoms. The van der Waals surface area contributed by atoms with Gasteiger partial charge in [-0.2, -0.15) is 0 Å². The van der Waals surface area contributed by atoms with Gasteiger partial charge in [-0.3, -0.25) is 4.72 Å². The van der Waals surface area contributed by atoms with Crippen molar-refractivity contribution >= 4 is 15.7 Å². The molecule has 0 bridgehead atoms. The highest BCUT2D eigenvalue weighted by molar-refractivity contribution is 7.92. The van der Waals surface area contributed by atoms with Crippen molar-refractivity contribution in [2.75, 3.05) is 11.8 Å². The van der Waals surface area contributed by atoms with Crippen molar-refractivity contribution in [1.29, 1.82) is 0 Å². The summed E-state index contributed by atoms with van der Waals surface area (Å²) in [6, 6.07) is 8.28. The van der Waals surface area contributed by atoms with Gasteiger partial charge in [0.25, 0.3) is 10.0 Å². The number of anilines is 1. The first-order valence-electron chi connectivity index (χ1n) is 5.31. The molecule has 2 rings (SSSR count). The minimum atomic E-state index is -3.96. The number of para-hydroxylation sites is 1. The first-order chi connectivity index (χ1) is 9.04.